The average Bonchev–Trinajstić information content (AvgIpc) is 2.36. The van der Waals surface area contributed by atoms with E-state index in [1.54, 1.807) is 6.92 Å². The van der Waals surface area contributed by atoms with Gasteiger partial charge >= 0.3 is 5.97 Å². The molecule has 0 saturated carbocycles. The summed E-state index contributed by atoms with van der Waals surface area (Å²) in [5.74, 6) is -1.38. The Morgan fingerprint density at radius 1 is 1.50 bits per heavy atom. The van der Waals surface area contributed by atoms with Gasteiger partial charge in [0, 0.05) is 21.3 Å². The third-order valence-electron chi connectivity index (χ3n) is 2.73. The second-order valence-electron chi connectivity index (χ2n) is 4.17. The molecule has 1 heterocycles. The van der Waals surface area contributed by atoms with Gasteiger partial charge in [0.1, 0.15) is 11.6 Å². The normalized spacial score (nSPS) is 10.6. The minimum atomic E-state index is -1.11. The fourth-order valence-electron chi connectivity index (χ4n) is 1.78. The van der Waals surface area contributed by atoms with Crippen molar-refractivity contribution in [2.45, 2.75) is 13.3 Å². The molecule has 5 nitrogen and oxygen atoms in total. The van der Waals surface area contributed by atoms with Crippen molar-refractivity contribution in [3.8, 4) is 11.4 Å². The number of carboxylic acids is 1. The highest BCUT2D eigenvalue weighted by atomic mass is 79.9. The fraction of sp³-hybridized carbons (Fsp3) is 0.154. The third-order valence-corrected chi connectivity index (χ3v) is 3.43. The zero-order valence-corrected chi connectivity index (χ0v) is 12.0. The van der Waals surface area contributed by atoms with Gasteiger partial charge in [0.15, 0.2) is 0 Å². The summed E-state index contributed by atoms with van der Waals surface area (Å²) in [5, 5.41) is 8.74. The SMILES string of the molecule is Cc1nc(-c2cc(F)ccc2Br)[nH]c(=O)c1CC(=O)O. The van der Waals surface area contributed by atoms with Crippen molar-refractivity contribution in [3.63, 3.8) is 0 Å². The summed E-state index contributed by atoms with van der Waals surface area (Å²) in [6.07, 6.45) is -0.404. The van der Waals surface area contributed by atoms with Crippen LogP contribution in [-0.2, 0) is 11.2 Å². The van der Waals surface area contributed by atoms with E-state index in [1.165, 1.54) is 18.2 Å². The number of nitrogens with zero attached hydrogens (tertiary/aromatic N) is 1. The summed E-state index contributed by atoms with van der Waals surface area (Å²) in [7, 11) is 0. The summed E-state index contributed by atoms with van der Waals surface area (Å²) in [5.41, 5.74) is 0.259. The number of aryl methyl sites for hydroxylation is 1. The standard InChI is InChI=1S/C13H10BrFN2O3/c1-6-8(5-11(18)19)13(20)17-12(16-6)9-4-7(15)2-3-10(9)14/h2-4H,5H2,1H3,(H,18,19)(H,16,17,20). The summed E-state index contributed by atoms with van der Waals surface area (Å²) in [6.45, 7) is 1.55. The molecule has 2 aromatic rings. The number of H-pyrrole nitrogens is 1. The Morgan fingerprint density at radius 2 is 2.20 bits per heavy atom. The number of rotatable bonds is 3. The molecule has 0 bridgehead atoms. The van der Waals surface area contributed by atoms with Crippen LogP contribution in [0.25, 0.3) is 11.4 Å². The van der Waals surface area contributed by atoms with Gasteiger partial charge in [-0.05, 0) is 25.1 Å². The maximum atomic E-state index is 13.3. The highest BCUT2D eigenvalue weighted by molar-refractivity contribution is 9.10. The molecule has 0 aliphatic rings. The molecular weight excluding hydrogens is 331 g/mol. The number of carboxylic acid groups (broad SMARTS) is 1. The Kier molecular flexibility index (Phi) is 3.99. The van der Waals surface area contributed by atoms with E-state index in [1.807, 2.05) is 0 Å². The average molecular weight is 341 g/mol. The molecule has 0 saturated heterocycles. The lowest BCUT2D eigenvalue weighted by Gasteiger charge is -2.07. The van der Waals surface area contributed by atoms with E-state index in [9.17, 15) is 14.0 Å². The lowest BCUT2D eigenvalue weighted by atomic mass is 10.1. The molecule has 2 N–H and O–H groups in total. The quantitative estimate of drug-likeness (QED) is 0.897. The van der Waals surface area contributed by atoms with Gasteiger partial charge < -0.3 is 10.1 Å². The first kappa shape index (κ1) is 14.4. The molecule has 0 spiro atoms. The van der Waals surface area contributed by atoms with Crippen molar-refractivity contribution in [2.75, 3.05) is 0 Å². The van der Waals surface area contributed by atoms with Crippen LogP contribution in [0.15, 0.2) is 27.5 Å². The maximum Gasteiger partial charge on any atom is 0.308 e. The monoisotopic (exact) mass is 340 g/mol. The van der Waals surface area contributed by atoms with Gasteiger partial charge in [-0.15, -0.1) is 0 Å². The number of benzene rings is 1. The van der Waals surface area contributed by atoms with Gasteiger partial charge in [-0.1, -0.05) is 15.9 Å². The van der Waals surface area contributed by atoms with E-state index in [4.69, 9.17) is 5.11 Å². The largest absolute Gasteiger partial charge is 0.481 e. The number of halogens is 2. The number of aromatic amines is 1. The van der Waals surface area contributed by atoms with Gasteiger partial charge in [-0.3, -0.25) is 9.59 Å². The van der Waals surface area contributed by atoms with Crippen molar-refractivity contribution in [3.05, 3.63) is 50.1 Å². The summed E-state index contributed by atoms with van der Waals surface area (Å²) in [4.78, 5) is 29.2. The highest BCUT2D eigenvalue weighted by Gasteiger charge is 2.14. The molecule has 0 atom stereocenters. The summed E-state index contributed by atoms with van der Waals surface area (Å²) in [6, 6.07) is 4.02. The molecule has 104 valence electrons. The molecular formula is C13H10BrFN2O3. The minimum absolute atomic E-state index is 0.0915. The first-order valence-electron chi connectivity index (χ1n) is 5.65. The van der Waals surface area contributed by atoms with Crippen LogP contribution in [0.4, 0.5) is 4.39 Å². The van der Waals surface area contributed by atoms with Crippen LogP contribution in [0.1, 0.15) is 11.3 Å². The van der Waals surface area contributed by atoms with E-state index in [2.05, 4.69) is 25.9 Å². The fourth-order valence-corrected chi connectivity index (χ4v) is 2.21. The molecule has 2 rings (SSSR count). The lowest BCUT2D eigenvalue weighted by Crippen LogP contribution is -2.20. The number of carbonyl (C=O) groups is 1. The molecule has 0 unspecified atom stereocenters. The predicted molar refractivity (Wildman–Crippen MR) is 74.0 cm³/mol. The maximum absolute atomic E-state index is 13.3. The zero-order chi connectivity index (χ0) is 14.9. The number of nitrogens with one attached hydrogen (secondary N) is 1. The van der Waals surface area contributed by atoms with E-state index < -0.39 is 23.8 Å². The van der Waals surface area contributed by atoms with Crippen LogP contribution in [0.2, 0.25) is 0 Å². The zero-order valence-electron chi connectivity index (χ0n) is 10.4. The van der Waals surface area contributed by atoms with Crippen molar-refractivity contribution in [2.24, 2.45) is 0 Å². The molecule has 0 fully saturated rings. The van der Waals surface area contributed by atoms with Gasteiger partial charge in [-0.25, -0.2) is 9.37 Å². The molecule has 0 aliphatic heterocycles. The third kappa shape index (κ3) is 2.93. The molecule has 7 heteroatoms. The Bertz CT molecular complexity index is 743. The topological polar surface area (TPSA) is 83.0 Å². The van der Waals surface area contributed by atoms with Gasteiger partial charge in [0.2, 0.25) is 0 Å². The summed E-state index contributed by atoms with van der Waals surface area (Å²) < 4.78 is 13.8. The van der Waals surface area contributed by atoms with E-state index in [0.717, 1.165) is 0 Å². The van der Waals surface area contributed by atoms with Crippen LogP contribution in [0.5, 0.6) is 0 Å². The molecule has 20 heavy (non-hydrogen) atoms. The van der Waals surface area contributed by atoms with Gasteiger partial charge in [0.25, 0.3) is 5.56 Å². The first-order valence-corrected chi connectivity index (χ1v) is 6.45. The number of aromatic nitrogens is 2. The predicted octanol–water partition coefficient (Wildman–Crippen LogP) is 2.27. The van der Waals surface area contributed by atoms with E-state index in [0.29, 0.717) is 15.7 Å². The van der Waals surface area contributed by atoms with Crippen molar-refractivity contribution in [1.82, 2.24) is 9.97 Å². The molecule has 1 aromatic carbocycles. The van der Waals surface area contributed by atoms with Crippen molar-refractivity contribution < 1.29 is 14.3 Å². The minimum Gasteiger partial charge on any atom is -0.481 e. The first-order chi connectivity index (χ1) is 9.38. The van der Waals surface area contributed by atoms with Crippen molar-refractivity contribution >= 4 is 21.9 Å². The van der Waals surface area contributed by atoms with Gasteiger partial charge in [0.05, 0.1) is 6.42 Å². The molecule has 0 amide bonds. The highest BCUT2D eigenvalue weighted by Crippen LogP contribution is 2.26. The Labute approximate surface area is 121 Å². The second-order valence-corrected chi connectivity index (χ2v) is 5.03. The van der Waals surface area contributed by atoms with Crippen molar-refractivity contribution in [1.29, 1.82) is 0 Å². The number of aliphatic carboxylic acids is 1. The molecule has 0 radical (unpaired) electrons. The molecule has 1 aromatic heterocycles. The number of hydrogen-bond acceptors (Lipinski definition) is 3. The lowest BCUT2D eigenvalue weighted by molar-refractivity contribution is -0.136. The Hall–Kier alpha value is -2.02. The number of hydrogen-bond donors (Lipinski definition) is 2. The Balaban J connectivity index is 2.58. The summed E-state index contributed by atoms with van der Waals surface area (Å²) >= 11 is 3.25. The van der Waals surface area contributed by atoms with Crippen LogP contribution in [0, 0.1) is 12.7 Å². The van der Waals surface area contributed by atoms with Crippen LogP contribution in [-0.4, -0.2) is 21.0 Å². The molecule has 0 aliphatic carbocycles. The van der Waals surface area contributed by atoms with Crippen LogP contribution < -0.4 is 5.56 Å². The van der Waals surface area contributed by atoms with Crippen LogP contribution in [0.3, 0.4) is 0 Å². The Morgan fingerprint density at radius 3 is 2.80 bits per heavy atom. The second kappa shape index (κ2) is 5.54. The van der Waals surface area contributed by atoms with E-state index >= 15 is 0 Å². The smallest absolute Gasteiger partial charge is 0.308 e. The van der Waals surface area contributed by atoms with Crippen LogP contribution >= 0.6 is 15.9 Å². The van der Waals surface area contributed by atoms with Gasteiger partial charge in [-0.2, -0.15) is 0 Å². The van der Waals surface area contributed by atoms with E-state index in [-0.39, 0.29) is 11.4 Å².